The number of ether oxygens (including phenoxy) is 1. The second-order valence-corrected chi connectivity index (χ2v) is 10.6. The molecular formula is C27H38N4O2. The van der Waals surface area contributed by atoms with Gasteiger partial charge in [0, 0.05) is 46.0 Å². The molecule has 3 aliphatic rings. The topological polar surface area (TPSA) is 50.6 Å². The lowest BCUT2D eigenvalue weighted by Gasteiger charge is -2.45. The number of amides is 1. The molecule has 1 spiro atoms. The number of nitrogens with zero attached hydrogens (tertiary/aromatic N) is 4. The van der Waals surface area contributed by atoms with Crippen LogP contribution >= 0.6 is 0 Å². The Morgan fingerprint density at radius 2 is 1.94 bits per heavy atom. The number of para-hydroxylation sites is 1. The van der Waals surface area contributed by atoms with Crippen molar-refractivity contribution in [3.05, 3.63) is 48.0 Å². The van der Waals surface area contributed by atoms with Gasteiger partial charge in [-0.2, -0.15) is 0 Å². The zero-order valence-corrected chi connectivity index (χ0v) is 20.0. The summed E-state index contributed by atoms with van der Waals surface area (Å²) in [6, 6.07) is 8.56. The summed E-state index contributed by atoms with van der Waals surface area (Å²) in [5.74, 6) is 2.02. The lowest BCUT2D eigenvalue weighted by Crippen LogP contribution is -2.49. The van der Waals surface area contributed by atoms with Crippen molar-refractivity contribution < 1.29 is 9.53 Å². The van der Waals surface area contributed by atoms with Crippen LogP contribution in [0.4, 0.5) is 0 Å². The molecule has 2 aromatic rings. The van der Waals surface area contributed by atoms with Crippen molar-refractivity contribution in [2.24, 2.45) is 18.4 Å². The third kappa shape index (κ3) is 5.60. The Labute approximate surface area is 197 Å². The van der Waals surface area contributed by atoms with E-state index in [1.165, 1.54) is 44.2 Å². The van der Waals surface area contributed by atoms with Gasteiger partial charge in [0.15, 0.2) is 0 Å². The van der Waals surface area contributed by atoms with Crippen LogP contribution in [0.1, 0.15) is 61.0 Å². The van der Waals surface area contributed by atoms with Crippen LogP contribution in [0, 0.1) is 11.3 Å². The van der Waals surface area contributed by atoms with Gasteiger partial charge in [-0.15, -0.1) is 0 Å². The molecule has 1 amide bonds. The van der Waals surface area contributed by atoms with Crippen molar-refractivity contribution >= 4 is 5.91 Å². The van der Waals surface area contributed by atoms with E-state index in [1.54, 1.807) is 6.33 Å². The highest BCUT2D eigenvalue weighted by Crippen LogP contribution is 2.40. The Morgan fingerprint density at radius 1 is 1.12 bits per heavy atom. The van der Waals surface area contributed by atoms with E-state index < -0.39 is 0 Å². The highest BCUT2D eigenvalue weighted by molar-refractivity contribution is 5.92. The Morgan fingerprint density at radius 3 is 2.70 bits per heavy atom. The highest BCUT2D eigenvalue weighted by Gasteiger charge is 2.38. The summed E-state index contributed by atoms with van der Waals surface area (Å²) in [4.78, 5) is 21.9. The molecule has 0 atom stereocenters. The van der Waals surface area contributed by atoms with Crippen molar-refractivity contribution in [1.82, 2.24) is 19.4 Å². The number of piperidine rings is 1. The lowest BCUT2D eigenvalue weighted by atomic mass is 9.73. The zero-order valence-electron chi connectivity index (χ0n) is 20.0. The highest BCUT2D eigenvalue weighted by atomic mass is 16.5. The third-order valence-corrected chi connectivity index (χ3v) is 7.85. The van der Waals surface area contributed by atoms with E-state index in [0.29, 0.717) is 11.1 Å². The van der Waals surface area contributed by atoms with Crippen LogP contribution in [0.5, 0.6) is 5.75 Å². The quantitative estimate of drug-likeness (QED) is 0.705. The molecule has 178 valence electrons. The maximum Gasteiger partial charge on any atom is 0.274 e. The second-order valence-electron chi connectivity index (χ2n) is 10.6. The molecule has 1 saturated carbocycles. The number of hydrogen-bond donors (Lipinski definition) is 0. The van der Waals surface area contributed by atoms with Gasteiger partial charge in [-0.25, -0.2) is 4.98 Å². The summed E-state index contributed by atoms with van der Waals surface area (Å²) >= 11 is 0. The summed E-state index contributed by atoms with van der Waals surface area (Å²) in [6.45, 7) is 5.76. The Kier molecular flexibility index (Phi) is 6.72. The van der Waals surface area contributed by atoms with E-state index in [4.69, 9.17) is 4.74 Å². The summed E-state index contributed by atoms with van der Waals surface area (Å²) in [5, 5.41) is 0. The van der Waals surface area contributed by atoms with Gasteiger partial charge in [0.2, 0.25) is 0 Å². The van der Waals surface area contributed by atoms with Gasteiger partial charge in [0.05, 0.1) is 6.33 Å². The summed E-state index contributed by atoms with van der Waals surface area (Å²) in [6.07, 6.45) is 13.2. The second kappa shape index (κ2) is 9.88. The van der Waals surface area contributed by atoms with Crippen molar-refractivity contribution in [1.29, 1.82) is 0 Å². The summed E-state index contributed by atoms with van der Waals surface area (Å²) in [5.41, 5.74) is 2.21. The van der Waals surface area contributed by atoms with Gasteiger partial charge in [-0.1, -0.05) is 24.6 Å². The lowest BCUT2D eigenvalue weighted by molar-refractivity contribution is 0.0365. The number of imidazole rings is 1. The fraction of sp³-hybridized carbons (Fsp3) is 0.630. The number of hydrogen-bond acceptors (Lipinski definition) is 4. The molecule has 1 aromatic heterocycles. The number of carbonyl (C=O) groups is 1. The van der Waals surface area contributed by atoms with Crippen LogP contribution in [0.25, 0.3) is 0 Å². The average molecular weight is 451 g/mol. The standard InChI is InChI=1S/C27H38N4O2/c1-29-19-24(28-21-29)26(32)31-14-12-27(13-15-31)11-5-4-7-23-6-2-3-8-25(23)33-17-16-30(20-27)18-22-9-10-22/h2-3,6,8,19,21-22H,4-5,7,9-18,20H2,1H3. The number of carbonyl (C=O) groups excluding carboxylic acids is 1. The molecule has 1 aliphatic carbocycles. The van der Waals surface area contributed by atoms with Crippen LogP contribution in [-0.4, -0.2) is 64.6 Å². The maximum absolute atomic E-state index is 12.9. The Hall–Kier alpha value is -2.34. The number of fused-ring (bicyclic) bond motifs is 1. The molecule has 1 aromatic carbocycles. The van der Waals surface area contributed by atoms with E-state index in [2.05, 4.69) is 34.1 Å². The molecule has 2 aliphatic heterocycles. The van der Waals surface area contributed by atoms with Crippen LogP contribution in [0.2, 0.25) is 0 Å². The molecule has 3 heterocycles. The van der Waals surface area contributed by atoms with Crippen molar-refractivity contribution in [3.63, 3.8) is 0 Å². The van der Waals surface area contributed by atoms with Gasteiger partial charge < -0.3 is 14.2 Å². The van der Waals surface area contributed by atoms with Crippen LogP contribution in [0.15, 0.2) is 36.8 Å². The minimum atomic E-state index is 0.0819. The van der Waals surface area contributed by atoms with E-state index >= 15 is 0 Å². The van der Waals surface area contributed by atoms with E-state index in [0.717, 1.165) is 63.7 Å². The smallest absolute Gasteiger partial charge is 0.274 e. The van der Waals surface area contributed by atoms with E-state index in [-0.39, 0.29) is 5.91 Å². The normalized spacial score (nSPS) is 22.2. The Bertz CT molecular complexity index is 943. The summed E-state index contributed by atoms with van der Waals surface area (Å²) in [7, 11) is 1.91. The van der Waals surface area contributed by atoms with Gasteiger partial charge in [0.1, 0.15) is 18.1 Å². The number of likely N-dealkylation sites (tertiary alicyclic amines) is 1. The molecule has 0 radical (unpaired) electrons. The molecule has 33 heavy (non-hydrogen) atoms. The molecule has 5 rings (SSSR count). The molecule has 1 saturated heterocycles. The van der Waals surface area contributed by atoms with Crippen LogP contribution < -0.4 is 4.74 Å². The van der Waals surface area contributed by atoms with E-state index in [1.807, 2.05) is 22.7 Å². The number of aromatic nitrogens is 2. The first-order chi connectivity index (χ1) is 16.1. The fourth-order valence-corrected chi connectivity index (χ4v) is 5.68. The van der Waals surface area contributed by atoms with Gasteiger partial charge in [-0.3, -0.25) is 9.69 Å². The monoisotopic (exact) mass is 450 g/mol. The molecule has 2 fully saturated rings. The zero-order chi connectivity index (χ0) is 22.7. The predicted molar refractivity (Wildman–Crippen MR) is 129 cm³/mol. The first kappa shape index (κ1) is 22.5. The van der Waals surface area contributed by atoms with E-state index in [9.17, 15) is 4.79 Å². The van der Waals surface area contributed by atoms with Crippen molar-refractivity contribution in [2.75, 3.05) is 39.3 Å². The molecule has 6 heteroatoms. The average Bonchev–Trinajstić information content (AvgIpc) is 3.53. The van der Waals surface area contributed by atoms with Gasteiger partial charge in [-0.05, 0) is 67.9 Å². The van der Waals surface area contributed by atoms with Gasteiger partial charge >= 0.3 is 0 Å². The molecule has 0 N–H and O–H groups in total. The molecule has 6 nitrogen and oxygen atoms in total. The number of aryl methyl sites for hydroxylation is 2. The first-order valence-electron chi connectivity index (χ1n) is 12.8. The van der Waals surface area contributed by atoms with Crippen molar-refractivity contribution in [2.45, 2.75) is 51.4 Å². The number of rotatable bonds is 3. The maximum atomic E-state index is 12.9. The number of benzene rings is 1. The predicted octanol–water partition coefficient (Wildman–Crippen LogP) is 4.16. The minimum Gasteiger partial charge on any atom is -0.492 e. The largest absolute Gasteiger partial charge is 0.492 e. The van der Waals surface area contributed by atoms with Gasteiger partial charge in [0.25, 0.3) is 5.91 Å². The minimum absolute atomic E-state index is 0.0819. The van der Waals surface area contributed by atoms with Crippen LogP contribution in [0.3, 0.4) is 0 Å². The van der Waals surface area contributed by atoms with Crippen molar-refractivity contribution in [3.8, 4) is 5.75 Å². The summed E-state index contributed by atoms with van der Waals surface area (Å²) < 4.78 is 8.11. The molecular weight excluding hydrogens is 412 g/mol. The van der Waals surface area contributed by atoms with Crippen LogP contribution in [-0.2, 0) is 13.5 Å². The third-order valence-electron chi connectivity index (χ3n) is 7.85. The first-order valence-corrected chi connectivity index (χ1v) is 12.8. The molecule has 0 bridgehead atoms. The Balaban J connectivity index is 1.28. The fourth-order valence-electron chi connectivity index (χ4n) is 5.68. The molecule has 0 unspecified atom stereocenters. The SMILES string of the molecule is Cn1cnc(C(=O)N2CCC3(CCCCc4ccccc4OCCN(CC4CC4)C3)CC2)c1.